The SMILES string of the molecule is O=C(NNC(=S)Nc1ccccc1F)c1cc(F)ccc1Br. The molecule has 0 radical (unpaired) electrons. The van der Waals surface area contributed by atoms with Gasteiger partial charge >= 0.3 is 0 Å². The third-order valence-corrected chi connectivity index (χ3v) is 3.48. The van der Waals surface area contributed by atoms with Gasteiger partial charge in [-0.3, -0.25) is 15.6 Å². The number of anilines is 1. The summed E-state index contributed by atoms with van der Waals surface area (Å²) in [7, 11) is 0. The van der Waals surface area contributed by atoms with Crippen LogP contribution in [0.5, 0.6) is 0 Å². The second-order valence-corrected chi connectivity index (χ2v) is 5.40. The highest BCUT2D eigenvalue weighted by Crippen LogP contribution is 2.17. The maximum absolute atomic E-state index is 13.4. The maximum atomic E-state index is 13.4. The molecule has 0 saturated heterocycles. The fraction of sp³-hybridized carbons (Fsp3) is 0. The Morgan fingerprint density at radius 3 is 2.55 bits per heavy atom. The smallest absolute Gasteiger partial charge is 0.270 e. The van der Waals surface area contributed by atoms with Crippen LogP contribution in [-0.2, 0) is 0 Å². The average Bonchev–Trinajstić information content (AvgIpc) is 2.49. The predicted molar refractivity (Wildman–Crippen MR) is 87.3 cm³/mol. The van der Waals surface area contributed by atoms with Crippen LogP contribution in [-0.4, -0.2) is 11.0 Å². The Bertz CT molecular complexity index is 727. The van der Waals surface area contributed by atoms with Crippen LogP contribution in [0.1, 0.15) is 10.4 Å². The number of nitrogens with one attached hydrogen (secondary N) is 3. The van der Waals surface area contributed by atoms with E-state index in [1.807, 2.05) is 0 Å². The highest BCUT2D eigenvalue weighted by Gasteiger charge is 2.11. The van der Waals surface area contributed by atoms with E-state index >= 15 is 0 Å². The van der Waals surface area contributed by atoms with E-state index in [-0.39, 0.29) is 16.4 Å². The Labute approximate surface area is 139 Å². The van der Waals surface area contributed by atoms with E-state index in [2.05, 4.69) is 32.1 Å². The van der Waals surface area contributed by atoms with Crippen molar-refractivity contribution in [3.05, 3.63) is 64.1 Å². The fourth-order valence-electron chi connectivity index (χ4n) is 1.57. The maximum Gasteiger partial charge on any atom is 0.270 e. The third kappa shape index (κ3) is 4.22. The fourth-order valence-corrected chi connectivity index (χ4v) is 2.16. The monoisotopic (exact) mass is 385 g/mol. The molecule has 114 valence electrons. The van der Waals surface area contributed by atoms with Crippen LogP contribution in [0.2, 0.25) is 0 Å². The third-order valence-electron chi connectivity index (χ3n) is 2.58. The molecule has 0 fully saturated rings. The molecule has 0 aliphatic carbocycles. The van der Waals surface area contributed by atoms with Gasteiger partial charge in [-0.05, 0) is 58.5 Å². The Kier molecular flexibility index (Phi) is 5.40. The molecule has 8 heteroatoms. The van der Waals surface area contributed by atoms with Gasteiger partial charge in [-0.15, -0.1) is 0 Å². The largest absolute Gasteiger partial charge is 0.329 e. The van der Waals surface area contributed by atoms with Gasteiger partial charge in [0.05, 0.1) is 11.3 Å². The number of halogens is 3. The molecule has 0 aliphatic rings. The van der Waals surface area contributed by atoms with Gasteiger partial charge in [-0.1, -0.05) is 12.1 Å². The van der Waals surface area contributed by atoms with E-state index in [1.54, 1.807) is 12.1 Å². The molecule has 2 aromatic carbocycles. The molecule has 0 heterocycles. The minimum absolute atomic E-state index is 0.00836. The van der Waals surface area contributed by atoms with Crippen molar-refractivity contribution in [2.75, 3.05) is 5.32 Å². The Morgan fingerprint density at radius 2 is 1.82 bits per heavy atom. The minimum Gasteiger partial charge on any atom is -0.329 e. The Hall–Kier alpha value is -2.06. The van der Waals surface area contributed by atoms with E-state index in [4.69, 9.17) is 12.2 Å². The first-order valence-electron chi connectivity index (χ1n) is 6.04. The number of carbonyl (C=O) groups is 1. The van der Waals surface area contributed by atoms with Crippen LogP contribution in [0, 0.1) is 11.6 Å². The van der Waals surface area contributed by atoms with Crippen molar-refractivity contribution >= 4 is 44.9 Å². The molecule has 2 aromatic rings. The first-order chi connectivity index (χ1) is 10.5. The summed E-state index contributed by atoms with van der Waals surface area (Å²) in [6, 6.07) is 9.66. The average molecular weight is 386 g/mol. The lowest BCUT2D eigenvalue weighted by Gasteiger charge is -2.12. The highest BCUT2D eigenvalue weighted by molar-refractivity contribution is 9.10. The van der Waals surface area contributed by atoms with E-state index in [9.17, 15) is 13.6 Å². The lowest BCUT2D eigenvalue weighted by Crippen LogP contribution is -2.44. The van der Waals surface area contributed by atoms with Crippen molar-refractivity contribution in [1.29, 1.82) is 0 Å². The summed E-state index contributed by atoms with van der Waals surface area (Å²) < 4.78 is 27.0. The summed E-state index contributed by atoms with van der Waals surface area (Å²) in [6.07, 6.45) is 0. The van der Waals surface area contributed by atoms with Crippen molar-refractivity contribution in [2.45, 2.75) is 0 Å². The number of carbonyl (C=O) groups excluding carboxylic acids is 1. The predicted octanol–water partition coefficient (Wildman–Crippen LogP) is 3.36. The van der Waals surface area contributed by atoms with Crippen LogP contribution in [0.3, 0.4) is 0 Å². The van der Waals surface area contributed by atoms with E-state index < -0.39 is 17.5 Å². The molecule has 4 nitrogen and oxygen atoms in total. The second kappa shape index (κ2) is 7.28. The molecule has 0 bridgehead atoms. The van der Waals surface area contributed by atoms with Gasteiger partial charge in [-0.2, -0.15) is 0 Å². The van der Waals surface area contributed by atoms with E-state index in [1.165, 1.54) is 24.3 Å². The molecule has 0 spiro atoms. The number of hydrogen-bond acceptors (Lipinski definition) is 2. The van der Waals surface area contributed by atoms with Crippen LogP contribution in [0.4, 0.5) is 14.5 Å². The van der Waals surface area contributed by atoms with Gasteiger partial charge in [0, 0.05) is 4.47 Å². The van der Waals surface area contributed by atoms with Crippen LogP contribution in [0.15, 0.2) is 46.9 Å². The first kappa shape index (κ1) is 16.3. The van der Waals surface area contributed by atoms with Gasteiger partial charge in [0.1, 0.15) is 11.6 Å². The normalized spacial score (nSPS) is 9.95. The molecule has 3 N–H and O–H groups in total. The highest BCUT2D eigenvalue weighted by atomic mass is 79.9. The molecule has 0 aromatic heterocycles. The molecule has 0 unspecified atom stereocenters. The van der Waals surface area contributed by atoms with Gasteiger partial charge in [0.15, 0.2) is 5.11 Å². The number of thiocarbonyl (C=S) groups is 1. The zero-order valence-corrected chi connectivity index (χ0v) is 13.4. The van der Waals surface area contributed by atoms with Gasteiger partial charge in [0.25, 0.3) is 5.91 Å². The van der Waals surface area contributed by atoms with Crippen molar-refractivity contribution in [3.8, 4) is 0 Å². The summed E-state index contributed by atoms with van der Waals surface area (Å²) in [4.78, 5) is 11.9. The molecular weight excluding hydrogens is 376 g/mol. The summed E-state index contributed by atoms with van der Waals surface area (Å²) >= 11 is 8.08. The lowest BCUT2D eigenvalue weighted by molar-refractivity contribution is 0.0943. The molecule has 0 atom stereocenters. The molecule has 2 rings (SSSR count). The van der Waals surface area contributed by atoms with Gasteiger partial charge in [0.2, 0.25) is 0 Å². The van der Waals surface area contributed by atoms with E-state index in [0.29, 0.717) is 4.47 Å². The van der Waals surface area contributed by atoms with Crippen molar-refractivity contribution in [1.82, 2.24) is 10.9 Å². The summed E-state index contributed by atoms with van der Waals surface area (Å²) in [5.41, 5.74) is 4.97. The van der Waals surface area contributed by atoms with Gasteiger partial charge < -0.3 is 5.32 Å². The standard InChI is InChI=1S/C14H10BrF2N3OS/c15-10-6-5-8(16)7-9(10)13(21)19-20-14(22)18-12-4-2-1-3-11(12)17/h1-7H,(H,19,21)(H2,18,20,22). The Morgan fingerprint density at radius 1 is 1.09 bits per heavy atom. The number of rotatable bonds is 2. The summed E-state index contributed by atoms with van der Waals surface area (Å²) in [5.74, 6) is -1.62. The van der Waals surface area contributed by atoms with Crippen LogP contribution >= 0.6 is 28.1 Å². The van der Waals surface area contributed by atoms with Crippen molar-refractivity contribution in [2.24, 2.45) is 0 Å². The van der Waals surface area contributed by atoms with Crippen LogP contribution in [0.25, 0.3) is 0 Å². The minimum atomic E-state index is -0.593. The lowest BCUT2D eigenvalue weighted by atomic mass is 10.2. The zero-order valence-electron chi connectivity index (χ0n) is 11.0. The van der Waals surface area contributed by atoms with E-state index in [0.717, 1.165) is 6.07 Å². The topological polar surface area (TPSA) is 53.2 Å². The van der Waals surface area contributed by atoms with Crippen molar-refractivity contribution < 1.29 is 13.6 Å². The first-order valence-corrected chi connectivity index (χ1v) is 7.24. The number of hydrogen-bond donors (Lipinski definition) is 3. The van der Waals surface area contributed by atoms with Crippen LogP contribution < -0.4 is 16.2 Å². The zero-order chi connectivity index (χ0) is 16.1. The molecular formula is C14H10BrF2N3OS. The Balaban J connectivity index is 1.95. The molecule has 0 aliphatic heterocycles. The summed E-state index contributed by atoms with van der Waals surface area (Å²) in [5, 5.41) is 2.58. The number of hydrazine groups is 1. The quantitative estimate of drug-likeness (QED) is 0.548. The molecule has 1 amide bonds. The second-order valence-electron chi connectivity index (χ2n) is 4.14. The molecule has 0 saturated carbocycles. The summed E-state index contributed by atoms with van der Waals surface area (Å²) in [6.45, 7) is 0. The van der Waals surface area contributed by atoms with Gasteiger partial charge in [-0.25, -0.2) is 8.78 Å². The number of benzene rings is 2. The number of para-hydroxylation sites is 1. The number of amides is 1. The molecule has 22 heavy (non-hydrogen) atoms. The van der Waals surface area contributed by atoms with Crippen molar-refractivity contribution in [3.63, 3.8) is 0 Å².